The third-order valence-corrected chi connectivity index (χ3v) is 5.71. The van der Waals surface area contributed by atoms with Crippen LogP contribution in [0.4, 0.5) is 0 Å². The van der Waals surface area contributed by atoms with Crippen LogP contribution < -0.4 is 9.47 Å². The van der Waals surface area contributed by atoms with Crippen molar-refractivity contribution in [2.24, 2.45) is 0 Å². The molecule has 0 aromatic heterocycles. The van der Waals surface area contributed by atoms with E-state index in [0.717, 1.165) is 39.3 Å². The molecule has 0 N–H and O–H groups in total. The van der Waals surface area contributed by atoms with Gasteiger partial charge in [0.2, 0.25) is 0 Å². The maximum atomic E-state index is 5.26. The zero-order valence-corrected chi connectivity index (χ0v) is 20.4. The summed E-state index contributed by atoms with van der Waals surface area (Å²) in [6.45, 7) is 2.10. The number of rotatable bonds is 8. The number of ether oxygens (including phenoxy) is 2. The number of hydrogen-bond acceptors (Lipinski definition) is 2. The lowest BCUT2D eigenvalue weighted by Gasteiger charge is -2.04. The lowest BCUT2D eigenvalue weighted by Crippen LogP contribution is -1.83. The maximum Gasteiger partial charge on any atom is 0.118 e. The molecule has 0 saturated heterocycles. The van der Waals surface area contributed by atoms with Gasteiger partial charge < -0.3 is 9.47 Å². The van der Waals surface area contributed by atoms with Crippen LogP contribution in [0.2, 0.25) is 0 Å². The van der Waals surface area contributed by atoms with E-state index in [4.69, 9.17) is 9.47 Å². The molecule has 4 aromatic carbocycles. The standard InChI is InChI=1S/C33H30O2/c1-25-4-6-26(7-5-25)8-11-29-22-30(12-9-27-14-18-32(34-2)19-15-27)24-31(23-29)13-10-28-16-20-33(35-3)21-17-28/h4-24H,1-3H3/b11-8+,12-9+,13-10+. The van der Waals surface area contributed by atoms with Gasteiger partial charge >= 0.3 is 0 Å². The van der Waals surface area contributed by atoms with Crippen molar-refractivity contribution in [1.29, 1.82) is 0 Å². The summed E-state index contributed by atoms with van der Waals surface area (Å²) >= 11 is 0. The Bertz CT molecular complexity index is 1250. The number of methoxy groups -OCH3 is 2. The van der Waals surface area contributed by atoms with E-state index in [1.807, 2.05) is 24.3 Å². The second kappa shape index (κ2) is 11.7. The molecule has 4 aromatic rings. The summed E-state index contributed by atoms with van der Waals surface area (Å²) in [5.74, 6) is 1.72. The van der Waals surface area contributed by atoms with Gasteiger partial charge in [-0.2, -0.15) is 0 Å². The fourth-order valence-electron chi connectivity index (χ4n) is 3.68. The molecular formula is C33H30O2. The van der Waals surface area contributed by atoms with Crippen LogP contribution in [-0.4, -0.2) is 14.2 Å². The van der Waals surface area contributed by atoms with Crippen LogP contribution >= 0.6 is 0 Å². The number of aryl methyl sites for hydroxylation is 1. The quantitative estimate of drug-likeness (QED) is 0.246. The number of benzene rings is 4. The van der Waals surface area contributed by atoms with Gasteiger partial charge in [0.1, 0.15) is 11.5 Å². The molecule has 0 saturated carbocycles. The Morgan fingerprint density at radius 2 is 0.686 bits per heavy atom. The molecule has 0 aliphatic rings. The Kier molecular flexibility index (Phi) is 7.98. The first kappa shape index (κ1) is 23.8. The van der Waals surface area contributed by atoms with E-state index in [9.17, 15) is 0 Å². The summed E-state index contributed by atoms with van der Waals surface area (Å²) in [5, 5.41) is 0. The first-order valence-electron chi connectivity index (χ1n) is 11.7. The first-order valence-corrected chi connectivity index (χ1v) is 11.7. The summed E-state index contributed by atoms with van der Waals surface area (Å²) in [5.41, 5.74) is 8.13. The minimum atomic E-state index is 0.858. The van der Waals surface area contributed by atoms with Crippen LogP contribution in [0.3, 0.4) is 0 Å². The third kappa shape index (κ3) is 7.09. The molecule has 2 heteroatoms. The van der Waals surface area contributed by atoms with Crippen molar-refractivity contribution in [1.82, 2.24) is 0 Å². The third-order valence-electron chi connectivity index (χ3n) is 5.71. The second-order valence-electron chi connectivity index (χ2n) is 8.39. The topological polar surface area (TPSA) is 18.5 Å². The van der Waals surface area contributed by atoms with E-state index in [1.165, 1.54) is 11.1 Å². The van der Waals surface area contributed by atoms with Crippen LogP contribution in [0, 0.1) is 6.92 Å². The lowest BCUT2D eigenvalue weighted by atomic mass is 10.0. The van der Waals surface area contributed by atoms with Gasteiger partial charge in [-0.1, -0.05) is 90.6 Å². The molecule has 0 heterocycles. The molecule has 0 amide bonds. The summed E-state index contributed by atoms with van der Waals surface area (Å²) in [7, 11) is 3.36. The molecule has 0 atom stereocenters. The highest BCUT2D eigenvalue weighted by molar-refractivity contribution is 5.78. The van der Waals surface area contributed by atoms with Crippen LogP contribution in [0.1, 0.15) is 38.9 Å². The van der Waals surface area contributed by atoms with E-state index in [1.54, 1.807) is 14.2 Å². The fourth-order valence-corrected chi connectivity index (χ4v) is 3.68. The molecule has 0 radical (unpaired) electrons. The zero-order valence-electron chi connectivity index (χ0n) is 20.4. The van der Waals surface area contributed by atoms with Gasteiger partial charge in [-0.05, 0) is 82.8 Å². The van der Waals surface area contributed by atoms with Gasteiger partial charge in [-0.25, -0.2) is 0 Å². The van der Waals surface area contributed by atoms with Crippen LogP contribution in [0.25, 0.3) is 36.5 Å². The summed E-state index contributed by atoms with van der Waals surface area (Å²) in [4.78, 5) is 0. The number of hydrogen-bond donors (Lipinski definition) is 0. The molecule has 4 rings (SSSR count). The Morgan fingerprint density at radius 3 is 1.00 bits per heavy atom. The van der Waals surface area contributed by atoms with E-state index in [-0.39, 0.29) is 0 Å². The Morgan fingerprint density at radius 1 is 0.400 bits per heavy atom. The van der Waals surface area contributed by atoms with Gasteiger partial charge in [0.05, 0.1) is 14.2 Å². The van der Waals surface area contributed by atoms with Crippen molar-refractivity contribution < 1.29 is 9.47 Å². The smallest absolute Gasteiger partial charge is 0.118 e. The van der Waals surface area contributed by atoms with Crippen molar-refractivity contribution in [2.45, 2.75) is 6.92 Å². The highest BCUT2D eigenvalue weighted by Gasteiger charge is 1.98. The monoisotopic (exact) mass is 458 g/mol. The molecule has 174 valence electrons. The van der Waals surface area contributed by atoms with Gasteiger partial charge in [0.15, 0.2) is 0 Å². The maximum absolute atomic E-state index is 5.26. The molecular weight excluding hydrogens is 428 g/mol. The van der Waals surface area contributed by atoms with Crippen LogP contribution in [0.5, 0.6) is 11.5 Å². The lowest BCUT2D eigenvalue weighted by molar-refractivity contribution is 0.414. The molecule has 2 nitrogen and oxygen atoms in total. The molecule has 35 heavy (non-hydrogen) atoms. The summed E-state index contributed by atoms with van der Waals surface area (Å²) in [6.07, 6.45) is 12.9. The Hall–Kier alpha value is -4.30. The van der Waals surface area contributed by atoms with E-state index < -0.39 is 0 Å². The molecule has 0 bridgehead atoms. The first-order chi connectivity index (χ1) is 17.1. The van der Waals surface area contributed by atoms with Crippen LogP contribution in [-0.2, 0) is 0 Å². The van der Waals surface area contributed by atoms with Gasteiger partial charge in [0.25, 0.3) is 0 Å². The summed E-state index contributed by atoms with van der Waals surface area (Å²) < 4.78 is 10.5. The largest absolute Gasteiger partial charge is 0.497 e. The minimum absolute atomic E-state index is 0.858. The Labute approximate surface area is 208 Å². The predicted molar refractivity (Wildman–Crippen MR) is 150 cm³/mol. The normalized spacial score (nSPS) is 11.5. The van der Waals surface area contributed by atoms with E-state index >= 15 is 0 Å². The SMILES string of the molecule is COc1ccc(/C=C/c2cc(/C=C/c3ccc(C)cc3)cc(/C=C/c3ccc(OC)cc3)c2)cc1. The van der Waals surface area contributed by atoms with Crippen molar-refractivity contribution in [3.63, 3.8) is 0 Å². The average Bonchev–Trinajstić information content (AvgIpc) is 2.91. The summed E-state index contributed by atoms with van der Waals surface area (Å²) in [6, 6.07) is 31.3. The van der Waals surface area contributed by atoms with Gasteiger partial charge in [-0.3, -0.25) is 0 Å². The van der Waals surface area contributed by atoms with Crippen molar-refractivity contribution in [2.75, 3.05) is 14.2 Å². The minimum Gasteiger partial charge on any atom is -0.497 e. The molecule has 0 aliphatic heterocycles. The van der Waals surface area contributed by atoms with Crippen LogP contribution in [0.15, 0.2) is 91.0 Å². The average molecular weight is 459 g/mol. The zero-order chi connectivity index (χ0) is 24.5. The second-order valence-corrected chi connectivity index (χ2v) is 8.39. The molecule has 0 spiro atoms. The fraction of sp³-hybridized carbons (Fsp3) is 0.0909. The highest BCUT2D eigenvalue weighted by atomic mass is 16.5. The highest BCUT2D eigenvalue weighted by Crippen LogP contribution is 2.20. The van der Waals surface area contributed by atoms with Crippen molar-refractivity contribution >= 4 is 36.5 Å². The van der Waals surface area contributed by atoms with E-state index in [0.29, 0.717) is 0 Å². The molecule has 0 fully saturated rings. The van der Waals surface area contributed by atoms with Crippen molar-refractivity contribution in [3.8, 4) is 11.5 Å². The molecule has 0 aliphatic carbocycles. The van der Waals surface area contributed by atoms with Gasteiger partial charge in [0, 0.05) is 0 Å². The van der Waals surface area contributed by atoms with Gasteiger partial charge in [-0.15, -0.1) is 0 Å². The Balaban J connectivity index is 1.62. The molecule has 0 unspecified atom stereocenters. The van der Waals surface area contributed by atoms with E-state index in [2.05, 4.69) is 110 Å². The van der Waals surface area contributed by atoms with Crippen molar-refractivity contribution in [3.05, 3.63) is 130 Å². The predicted octanol–water partition coefficient (Wildman–Crippen LogP) is 8.52.